The minimum absolute atomic E-state index is 0.0414. The molecule has 0 saturated carbocycles. The minimum atomic E-state index is -0.242. The molecule has 0 fully saturated rings. The fourth-order valence-corrected chi connectivity index (χ4v) is 2.96. The number of amides is 1. The zero-order valence-corrected chi connectivity index (χ0v) is 15.2. The Hall–Kier alpha value is -2.95. The Kier molecular flexibility index (Phi) is 5.46. The molecule has 1 aromatic heterocycles. The molecule has 0 spiro atoms. The van der Waals surface area contributed by atoms with Gasteiger partial charge in [-0.1, -0.05) is 37.6 Å². The molecular formula is C21H23N3O2. The summed E-state index contributed by atoms with van der Waals surface area (Å²) in [7, 11) is 0. The summed E-state index contributed by atoms with van der Waals surface area (Å²) in [5.74, 6) is -0.232. The standard InChI is InChI=1S/C21H23N3O2/c1-3-4-7-16-10-12-17(13-11-16)23-20(25)14-24-19-9-6-5-8-18(19)22-15(2)21(24)26/h5-6,8-13H,3-4,7,14H2,1-2H3,(H,23,25). The number of benzene rings is 2. The summed E-state index contributed by atoms with van der Waals surface area (Å²) in [6, 6.07) is 15.2. The zero-order chi connectivity index (χ0) is 18.5. The van der Waals surface area contributed by atoms with Gasteiger partial charge in [0.1, 0.15) is 12.2 Å². The van der Waals surface area contributed by atoms with Crippen molar-refractivity contribution >= 4 is 22.6 Å². The summed E-state index contributed by atoms with van der Waals surface area (Å²) in [5.41, 5.74) is 3.51. The first-order valence-corrected chi connectivity index (χ1v) is 8.93. The Bertz CT molecular complexity index is 975. The van der Waals surface area contributed by atoms with Crippen LogP contribution in [0.1, 0.15) is 31.0 Å². The van der Waals surface area contributed by atoms with E-state index >= 15 is 0 Å². The van der Waals surface area contributed by atoms with Crippen molar-refractivity contribution in [2.45, 2.75) is 39.7 Å². The van der Waals surface area contributed by atoms with Gasteiger partial charge in [0, 0.05) is 5.69 Å². The summed E-state index contributed by atoms with van der Waals surface area (Å²) in [6.07, 6.45) is 3.36. The second-order valence-corrected chi connectivity index (χ2v) is 6.43. The number of rotatable bonds is 6. The van der Waals surface area contributed by atoms with Crippen LogP contribution in [0.4, 0.5) is 5.69 Å². The van der Waals surface area contributed by atoms with E-state index in [1.807, 2.05) is 42.5 Å². The number of aromatic nitrogens is 2. The van der Waals surface area contributed by atoms with Crippen LogP contribution < -0.4 is 10.9 Å². The van der Waals surface area contributed by atoms with Gasteiger partial charge in [-0.2, -0.15) is 0 Å². The van der Waals surface area contributed by atoms with Gasteiger partial charge in [0.2, 0.25) is 5.91 Å². The van der Waals surface area contributed by atoms with Gasteiger partial charge >= 0.3 is 0 Å². The van der Waals surface area contributed by atoms with Crippen LogP contribution in [-0.4, -0.2) is 15.5 Å². The van der Waals surface area contributed by atoms with E-state index in [2.05, 4.69) is 17.2 Å². The molecule has 0 bridgehead atoms. The number of nitrogens with zero attached hydrogens (tertiary/aromatic N) is 2. The molecule has 3 rings (SSSR count). The van der Waals surface area contributed by atoms with Crippen LogP contribution in [-0.2, 0) is 17.8 Å². The van der Waals surface area contributed by atoms with Gasteiger partial charge in [-0.3, -0.25) is 14.2 Å². The maximum atomic E-state index is 12.5. The highest BCUT2D eigenvalue weighted by atomic mass is 16.2. The van der Waals surface area contributed by atoms with Gasteiger partial charge in [0.15, 0.2) is 0 Å². The number of hydrogen-bond donors (Lipinski definition) is 1. The Morgan fingerprint density at radius 3 is 2.58 bits per heavy atom. The highest BCUT2D eigenvalue weighted by molar-refractivity contribution is 5.91. The van der Waals surface area contributed by atoms with E-state index in [1.54, 1.807) is 13.0 Å². The molecule has 5 heteroatoms. The maximum Gasteiger partial charge on any atom is 0.272 e. The maximum absolute atomic E-state index is 12.5. The molecule has 0 radical (unpaired) electrons. The first-order valence-electron chi connectivity index (χ1n) is 8.93. The molecule has 0 aliphatic heterocycles. The third-order valence-corrected chi connectivity index (χ3v) is 4.37. The third-order valence-electron chi connectivity index (χ3n) is 4.37. The van der Waals surface area contributed by atoms with Gasteiger partial charge in [0.05, 0.1) is 11.0 Å². The van der Waals surface area contributed by atoms with Crippen molar-refractivity contribution in [3.05, 3.63) is 70.1 Å². The largest absolute Gasteiger partial charge is 0.325 e. The van der Waals surface area contributed by atoms with Crippen molar-refractivity contribution in [2.24, 2.45) is 0 Å². The third kappa shape index (κ3) is 3.99. The van der Waals surface area contributed by atoms with Crippen LogP contribution >= 0.6 is 0 Å². The monoisotopic (exact) mass is 349 g/mol. The molecule has 1 N–H and O–H groups in total. The van der Waals surface area contributed by atoms with E-state index in [-0.39, 0.29) is 18.0 Å². The Labute approximate surface area is 152 Å². The molecular weight excluding hydrogens is 326 g/mol. The molecule has 0 atom stereocenters. The number of unbranched alkanes of at least 4 members (excludes halogenated alkanes) is 1. The quantitative estimate of drug-likeness (QED) is 0.738. The van der Waals surface area contributed by atoms with Crippen LogP contribution in [0, 0.1) is 6.92 Å². The number of carbonyl (C=O) groups excluding carboxylic acids is 1. The van der Waals surface area contributed by atoms with Crippen molar-refractivity contribution < 1.29 is 4.79 Å². The van der Waals surface area contributed by atoms with E-state index in [0.29, 0.717) is 16.7 Å². The van der Waals surface area contributed by atoms with Crippen molar-refractivity contribution in [1.29, 1.82) is 0 Å². The van der Waals surface area contributed by atoms with E-state index in [9.17, 15) is 9.59 Å². The predicted octanol–water partition coefficient (Wildman–Crippen LogP) is 3.69. The van der Waals surface area contributed by atoms with Gasteiger partial charge in [-0.25, -0.2) is 4.98 Å². The Morgan fingerprint density at radius 1 is 1.12 bits per heavy atom. The highest BCUT2D eigenvalue weighted by Crippen LogP contribution is 2.13. The summed E-state index contributed by atoms with van der Waals surface area (Å²) < 4.78 is 1.47. The topological polar surface area (TPSA) is 64.0 Å². The summed E-state index contributed by atoms with van der Waals surface area (Å²) in [6.45, 7) is 3.79. The zero-order valence-electron chi connectivity index (χ0n) is 15.2. The van der Waals surface area contributed by atoms with Crippen LogP contribution in [0.5, 0.6) is 0 Å². The molecule has 0 saturated heterocycles. The van der Waals surface area contributed by atoms with E-state index < -0.39 is 0 Å². The molecule has 0 aliphatic carbocycles. The number of aryl methyl sites for hydroxylation is 2. The van der Waals surface area contributed by atoms with Crippen LogP contribution in [0.25, 0.3) is 11.0 Å². The first-order chi connectivity index (χ1) is 12.6. The fraction of sp³-hybridized carbons (Fsp3) is 0.286. The van der Waals surface area contributed by atoms with Crippen molar-refractivity contribution in [1.82, 2.24) is 9.55 Å². The summed E-state index contributed by atoms with van der Waals surface area (Å²) in [5, 5.41) is 2.87. The van der Waals surface area contributed by atoms with Gasteiger partial charge < -0.3 is 5.32 Å². The van der Waals surface area contributed by atoms with E-state index in [4.69, 9.17) is 0 Å². The first kappa shape index (κ1) is 17.9. The Balaban J connectivity index is 1.77. The van der Waals surface area contributed by atoms with E-state index in [1.165, 1.54) is 10.1 Å². The van der Waals surface area contributed by atoms with Crippen molar-refractivity contribution in [2.75, 3.05) is 5.32 Å². The van der Waals surface area contributed by atoms with Gasteiger partial charge in [0.25, 0.3) is 5.56 Å². The molecule has 0 unspecified atom stereocenters. The number of carbonyl (C=O) groups is 1. The van der Waals surface area contributed by atoms with Gasteiger partial charge in [-0.05, 0) is 49.6 Å². The number of para-hydroxylation sites is 2. The number of nitrogens with one attached hydrogen (secondary N) is 1. The lowest BCUT2D eigenvalue weighted by Crippen LogP contribution is -2.30. The second kappa shape index (κ2) is 7.95. The lowest BCUT2D eigenvalue weighted by Gasteiger charge is -2.11. The fourth-order valence-electron chi connectivity index (χ4n) is 2.96. The normalized spacial score (nSPS) is 10.8. The number of hydrogen-bond acceptors (Lipinski definition) is 3. The van der Waals surface area contributed by atoms with Crippen LogP contribution in [0.2, 0.25) is 0 Å². The predicted molar refractivity (Wildman–Crippen MR) is 104 cm³/mol. The highest BCUT2D eigenvalue weighted by Gasteiger charge is 2.11. The van der Waals surface area contributed by atoms with Crippen molar-refractivity contribution in [3.63, 3.8) is 0 Å². The minimum Gasteiger partial charge on any atom is -0.325 e. The molecule has 5 nitrogen and oxygen atoms in total. The average Bonchev–Trinajstić information content (AvgIpc) is 2.65. The smallest absolute Gasteiger partial charge is 0.272 e. The second-order valence-electron chi connectivity index (χ2n) is 6.43. The summed E-state index contributed by atoms with van der Waals surface area (Å²) >= 11 is 0. The molecule has 26 heavy (non-hydrogen) atoms. The van der Waals surface area contributed by atoms with Crippen LogP contribution in [0.15, 0.2) is 53.3 Å². The SMILES string of the molecule is CCCCc1ccc(NC(=O)Cn2c(=O)c(C)nc3ccccc32)cc1. The Morgan fingerprint density at radius 2 is 1.85 bits per heavy atom. The van der Waals surface area contributed by atoms with Crippen molar-refractivity contribution in [3.8, 4) is 0 Å². The van der Waals surface area contributed by atoms with Crippen LogP contribution in [0.3, 0.4) is 0 Å². The number of fused-ring (bicyclic) bond motifs is 1. The molecule has 3 aromatic rings. The van der Waals surface area contributed by atoms with E-state index in [0.717, 1.165) is 24.9 Å². The molecule has 0 aliphatic rings. The lowest BCUT2D eigenvalue weighted by atomic mass is 10.1. The number of anilines is 1. The molecule has 2 aromatic carbocycles. The van der Waals surface area contributed by atoms with Gasteiger partial charge in [-0.15, -0.1) is 0 Å². The molecule has 1 amide bonds. The summed E-state index contributed by atoms with van der Waals surface area (Å²) in [4.78, 5) is 29.2. The molecule has 1 heterocycles. The lowest BCUT2D eigenvalue weighted by molar-refractivity contribution is -0.116. The molecule has 134 valence electrons. The average molecular weight is 349 g/mol.